The normalized spacial score (nSPS) is 24.4. The van der Waals surface area contributed by atoms with Gasteiger partial charge in [-0.25, -0.2) is 13.4 Å². The molecule has 0 radical (unpaired) electrons. The van der Waals surface area contributed by atoms with Gasteiger partial charge in [-0.2, -0.15) is 4.31 Å². The van der Waals surface area contributed by atoms with Crippen LogP contribution in [-0.2, 0) is 21.8 Å². The van der Waals surface area contributed by atoms with Crippen molar-refractivity contribution in [3.63, 3.8) is 0 Å². The second-order valence-electron chi connectivity index (χ2n) is 5.79. The molecule has 1 aromatic heterocycles. The molecule has 1 aliphatic carbocycles. The van der Waals surface area contributed by atoms with Crippen LogP contribution in [0.15, 0.2) is 11.2 Å². The lowest BCUT2D eigenvalue weighted by Crippen LogP contribution is -2.30. The van der Waals surface area contributed by atoms with E-state index in [4.69, 9.17) is 4.74 Å². The highest BCUT2D eigenvalue weighted by Gasteiger charge is 2.35. The largest absolute Gasteiger partial charge is 0.377 e. The number of aryl methyl sites for hydroxylation is 2. The van der Waals surface area contributed by atoms with E-state index < -0.39 is 10.0 Å². The van der Waals surface area contributed by atoms with E-state index >= 15 is 0 Å². The Bertz CT molecular complexity index is 573. The molecule has 1 saturated carbocycles. The zero-order valence-corrected chi connectivity index (χ0v) is 12.8. The van der Waals surface area contributed by atoms with Crippen molar-refractivity contribution in [1.29, 1.82) is 0 Å². The molecule has 1 saturated heterocycles. The first-order valence-corrected chi connectivity index (χ1v) is 8.52. The van der Waals surface area contributed by atoms with E-state index in [1.807, 2.05) is 0 Å². The van der Waals surface area contributed by atoms with Crippen molar-refractivity contribution in [2.75, 3.05) is 19.7 Å². The van der Waals surface area contributed by atoms with Crippen LogP contribution in [0.5, 0.6) is 0 Å². The van der Waals surface area contributed by atoms with Crippen LogP contribution in [0.25, 0.3) is 0 Å². The Morgan fingerprint density at radius 2 is 2.15 bits per heavy atom. The second kappa shape index (κ2) is 5.13. The lowest BCUT2D eigenvalue weighted by molar-refractivity contribution is 0.0561. The standard InChI is InChI=1S/C13H21N3O3S/c1-10-14-13(8-15(10)2)20(17,18)16-6-5-12(7-16)19-9-11-3-4-11/h8,11-12H,3-7,9H2,1-2H3/t12-/m0/s1. The molecule has 3 rings (SSSR count). The molecule has 0 bridgehead atoms. The Balaban J connectivity index is 1.65. The molecule has 2 heterocycles. The van der Waals surface area contributed by atoms with Crippen molar-refractivity contribution < 1.29 is 13.2 Å². The smallest absolute Gasteiger partial charge is 0.262 e. The quantitative estimate of drug-likeness (QED) is 0.811. The molecule has 1 aliphatic heterocycles. The molecule has 0 unspecified atom stereocenters. The fraction of sp³-hybridized carbons (Fsp3) is 0.769. The van der Waals surface area contributed by atoms with Crippen LogP contribution in [-0.4, -0.2) is 48.1 Å². The fourth-order valence-corrected chi connectivity index (χ4v) is 3.90. The predicted octanol–water partition coefficient (Wildman–Crippen LogP) is 0.918. The average molecular weight is 299 g/mol. The van der Waals surface area contributed by atoms with Crippen LogP contribution in [0.3, 0.4) is 0 Å². The highest BCUT2D eigenvalue weighted by Crippen LogP contribution is 2.30. The SMILES string of the molecule is Cc1nc(S(=O)(=O)N2CC[C@H](OCC3CC3)C2)cn1C. The molecule has 2 fully saturated rings. The average Bonchev–Trinajstić information content (AvgIpc) is 2.99. The number of ether oxygens (including phenoxy) is 1. The van der Waals surface area contributed by atoms with Gasteiger partial charge >= 0.3 is 0 Å². The number of sulfonamides is 1. The molecular weight excluding hydrogens is 278 g/mol. The van der Waals surface area contributed by atoms with Gasteiger partial charge in [-0.3, -0.25) is 0 Å². The summed E-state index contributed by atoms with van der Waals surface area (Å²) in [7, 11) is -1.68. The molecule has 112 valence electrons. The lowest BCUT2D eigenvalue weighted by Gasteiger charge is -2.15. The lowest BCUT2D eigenvalue weighted by atomic mass is 10.3. The number of rotatable bonds is 5. The minimum absolute atomic E-state index is 0.0372. The summed E-state index contributed by atoms with van der Waals surface area (Å²) < 4.78 is 34.0. The molecule has 1 aromatic rings. The van der Waals surface area contributed by atoms with Crippen LogP contribution < -0.4 is 0 Å². The van der Waals surface area contributed by atoms with Crippen molar-refractivity contribution in [2.24, 2.45) is 13.0 Å². The van der Waals surface area contributed by atoms with E-state index in [1.165, 1.54) is 17.1 Å². The van der Waals surface area contributed by atoms with E-state index in [9.17, 15) is 8.42 Å². The third-order valence-corrected chi connectivity index (χ3v) is 5.80. The van der Waals surface area contributed by atoms with Crippen molar-refractivity contribution in [2.45, 2.75) is 37.3 Å². The summed E-state index contributed by atoms with van der Waals surface area (Å²) >= 11 is 0. The van der Waals surface area contributed by atoms with E-state index in [1.54, 1.807) is 24.7 Å². The van der Waals surface area contributed by atoms with Gasteiger partial charge in [0.15, 0.2) is 5.03 Å². The maximum Gasteiger partial charge on any atom is 0.262 e. The van der Waals surface area contributed by atoms with Crippen LogP contribution >= 0.6 is 0 Å². The summed E-state index contributed by atoms with van der Waals surface area (Å²) in [6.45, 7) is 3.55. The molecule has 0 aromatic carbocycles. The Labute approximate surface area is 119 Å². The van der Waals surface area contributed by atoms with Gasteiger partial charge in [0.25, 0.3) is 10.0 Å². The highest BCUT2D eigenvalue weighted by molar-refractivity contribution is 7.89. The van der Waals surface area contributed by atoms with E-state index in [2.05, 4.69) is 4.98 Å². The van der Waals surface area contributed by atoms with E-state index in [0.29, 0.717) is 24.8 Å². The van der Waals surface area contributed by atoms with Crippen LogP contribution in [0.1, 0.15) is 25.1 Å². The first kappa shape index (κ1) is 14.0. The summed E-state index contributed by atoms with van der Waals surface area (Å²) in [4.78, 5) is 4.13. The zero-order valence-electron chi connectivity index (χ0n) is 11.9. The summed E-state index contributed by atoms with van der Waals surface area (Å²) in [5, 5.41) is 0.139. The Kier molecular flexibility index (Phi) is 3.60. The molecule has 0 amide bonds. The third-order valence-electron chi connectivity index (χ3n) is 4.06. The molecule has 20 heavy (non-hydrogen) atoms. The minimum Gasteiger partial charge on any atom is -0.377 e. The number of hydrogen-bond donors (Lipinski definition) is 0. The van der Waals surface area contributed by atoms with Crippen molar-refractivity contribution >= 4 is 10.0 Å². The molecule has 1 atom stereocenters. The molecule has 0 N–H and O–H groups in total. The van der Waals surface area contributed by atoms with Gasteiger partial charge in [0, 0.05) is 32.9 Å². The van der Waals surface area contributed by atoms with E-state index in [0.717, 1.165) is 13.0 Å². The first-order valence-electron chi connectivity index (χ1n) is 7.08. The van der Waals surface area contributed by atoms with Gasteiger partial charge in [0.1, 0.15) is 5.82 Å². The van der Waals surface area contributed by atoms with Crippen molar-refractivity contribution in [1.82, 2.24) is 13.9 Å². The first-order chi connectivity index (χ1) is 9.46. The van der Waals surface area contributed by atoms with Gasteiger partial charge in [-0.1, -0.05) is 0 Å². The Morgan fingerprint density at radius 3 is 2.75 bits per heavy atom. The van der Waals surface area contributed by atoms with E-state index in [-0.39, 0.29) is 11.1 Å². The van der Waals surface area contributed by atoms with Gasteiger partial charge in [-0.05, 0) is 32.1 Å². The fourth-order valence-electron chi connectivity index (χ4n) is 2.39. The highest BCUT2D eigenvalue weighted by atomic mass is 32.2. The zero-order chi connectivity index (χ0) is 14.3. The number of aromatic nitrogens is 2. The van der Waals surface area contributed by atoms with Crippen LogP contribution in [0, 0.1) is 12.8 Å². The van der Waals surface area contributed by atoms with Crippen molar-refractivity contribution in [3.8, 4) is 0 Å². The second-order valence-corrected chi connectivity index (χ2v) is 7.67. The van der Waals surface area contributed by atoms with Gasteiger partial charge in [0.2, 0.25) is 0 Å². The van der Waals surface area contributed by atoms with Gasteiger partial charge < -0.3 is 9.30 Å². The maximum absolute atomic E-state index is 12.5. The van der Waals surface area contributed by atoms with Crippen molar-refractivity contribution in [3.05, 3.63) is 12.0 Å². The molecule has 7 heteroatoms. The summed E-state index contributed by atoms with van der Waals surface area (Å²) in [6.07, 6.45) is 4.89. The van der Waals surface area contributed by atoms with Gasteiger partial charge in [0.05, 0.1) is 6.10 Å². The summed E-state index contributed by atoms with van der Waals surface area (Å²) in [5.41, 5.74) is 0. The number of hydrogen-bond acceptors (Lipinski definition) is 4. The van der Waals surface area contributed by atoms with Crippen LogP contribution in [0.2, 0.25) is 0 Å². The third kappa shape index (κ3) is 2.75. The molecule has 6 nitrogen and oxygen atoms in total. The predicted molar refractivity (Wildman–Crippen MR) is 73.8 cm³/mol. The maximum atomic E-state index is 12.5. The molecule has 0 spiro atoms. The number of nitrogens with zero attached hydrogens (tertiary/aromatic N) is 3. The van der Waals surface area contributed by atoms with Gasteiger partial charge in [-0.15, -0.1) is 0 Å². The monoisotopic (exact) mass is 299 g/mol. The van der Waals surface area contributed by atoms with Crippen LogP contribution in [0.4, 0.5) is 0 Å². The molecule has 2 aliphatic rings. The topological polar surface area (TPSA) is 64.4 Å². The molecular formula is C13H21N3O3S. The number of imidazole rings is 1. The Morgan fingerprint density at radius 1 is 1.40 bits per heavy atom. The summed E-state index contributed by atoms with van der Waals surface area (Å²) in [6, 6.07) is 0. The summed E-state index contributed by atoms with van der Waals surface area (Å²) in [5.74, 6) is 1.41. The Hall–Kier alpha value is -0.920. The minimum atomic E-state index is -3.47.